The van der Waals surface area contributed by atoms with Gasteiger partial charge >= 0.3 is 7.12 Å². The Balaban J connectivity index is 0.000000127. The van der Waals surface area contributed by atoms with E-state index >= 15 is 0 Å². The largest absolute Gasteiger partial charge is 0.494 e. The van der Waals surface area contributed by atoms with E-state index in [2.05, 4.69) is 230 Å². The number of hydrogen-bond donors (Lipinski definition) is 0. The van der Waals surface area contributed by atoms with Crippen molar-refractivity contribution in [1.29, 1.82) is 0 Å². The quantitative estimate of drug-likeness (QED) is 0.0966. The molecule has 0 amide bonds. The fourth-order valence-corrected chi connectivity index (χ4v) is 12.4. The lowest BCUT2D eigenvalue weighted by Gasteiger charge is -2.32. The average Bonchev–Trinajstić information content (AvgIpc) is 1.43. The predicted molar refractivity (Wildman–Crippen MR) is 404 cm³/mol. The molecule has 1 saturated heterocycles. The second kappa shape index (κ2) is 27.3. The van der Waals surface area contributed by atoms with Crippen molar-refractivity contribution in [3.05, 3.63) is 320 Å². The number of pyridine rings is 2. The first-order valence-electron chi connectivity index (χ1n) is 32.6. The Morgan fingerprint density at radius 3 is 0.939 bits per heavy atom. The fraction of sp³-hybridized carbons (Fsp3) is 0.0698. The molecule has 0 atom stereocenters. The van der Waals surface area contributed by atoms with Crippen LogP contribution in [0.2, 0.25) is 0 Å². The van der Waals surface area contributed by atoms with Crippen LogP contribution in [0.15, 0.2) is 320 Å². The van der Waals surface area contributed by atoms with E-state index in [1.54, 1.807) is 0 Å². The van der Waals surface area contributed by atoms with Crippen LogP contribution < -0.4 is 5.46 Å². The molecule has 16 aromatic rings. The first kappa shape index (κ1) is 62.6. The van der Waals surface area contributed by atoms with Gasteiger partial charge in [0.25, 0.3) is 0 Å². The molecule has 470 valence electrons. The minimum absolute atomic E-state index is 0.320. The van der Waals surface area contributed by atoms with Crippen molar-refractivity contribution in [1.82, 2.24) is 39.9 Å². The summed E-state index contributed by atoms with van der Waals surface area (Å²) in [5, 5.41) is 9.53. The van der Waals surface area contributed by atoms with Gasteiger partial charge in [-0.05, 0) is 129 Å². The molecule has 17 rings (SSSR count). The van der Waals surface area contributed by atoms with Crippen LogP contribution in [0.3, 0.4) is 0 Å². The molecule has 5 heterocycles. The molecule has 0 spiro atoms. The molecule has 0 aliphatic carbocycles. The number of rotatable bonds is 10. The SMILES string of the molecule is Brc1ccc(-c2nc(-c3ccccc3)nc(-c3ccc(-c4ccccc4)cc3)n2)cc1.CC1(C)OB(c2ccc3c(ccc4ccncc43)c2)OC1(C)C.c1ccc(-c2ccc(-c3nc(-c4ccccc4)nc(-c4ccc(-c5ccc6c(ccc7ccncc76)c5)cc4)n3)cc2)cc1. The number of aromatic nitrogens is 8. The van der Waals surface area contributed by atoms with E-state index in [4.69, 9.17) is 39.2 Å². The van der Waals surface area contributed by atoms with E-state index in [9.17, 15) is 0 Å². The number of nitrogens with zero attached hydrogens (tertiary/aromatic N) is 8. The fourth-order valence-electron chi connectivity index (χ4n) is 12.1. The maximum absolute atomic E-state index is 6.15. The van der Waals surface area contributed by atoms with Crippen molar-refractivity contribution in [2.45, 2.75) is 38.9 Å². The van der Waals surface area contributed by atoms with Crippen molar-refractivity contribution < 1.29 is 9.31 Å². The van der Waals surface area contributed by atoms with Crippen molar-refractivity contribution >= 4 is 71.6 Å². The highest BCUT2D eigenvalue weighted by atomic mass is 79.9. The smallest absolute Gasteiger partial charge is 0.399 e. The molecule has 12 heteroatoms. The number of halogens is 1. The van der Waals surface area contributed by atoms with Gasteiger partial charge in [0.1, 0.15) is 0 Å². The molecule has 10 nitrogen and oxygen atoms in total. The molecule has 0 N–H and O–H groups in total. The monoisotopic (exact) mass is 1330 g/mol. The zero-order chi connectivity index (χ0) is 66.6. The Morgan fingerprint density at radius 1 is 0.265 bits per heavy atom. The molecule has 1 fully saturated rings. The van der Waals surface area contributed by atoms with Crippen molar-refractivity contribution in [2.75, 3.05) is 0 Å². The molecule has 12 aromatic carbocycles. The van der Waals surface area contributed by atoms with Crippen LogP contribution in [0.4, 0.5) is 0 Å². The van der Waals surface area contributed by atoms with Gasteiger partial charge in [0.15, 0.2) is 34.9 Å². The molecule has 1 aliphatic rings. The van der Waals surface area contributed by atoms with Crippen LogP contribution in [-0.2, 0) is 9.31 Å². The molecule has 0 bridgehead atoms. The molecule has 0 saturated carbocycles. The van der Waals surface area contributed by atoms with Crippen molar-refractivity contribution in [3.8, 4) is 102 Å². The standard InChI is InChI=1S/C40H26N4.C27H18BrN3.C19H20BNO2/c1-3-7-27(8-4-1)28-11-16-32(17-12-28)39-42-38(31-9-5-2-6-10-31)43-40(44-39)33-18-13-29(14-19-33)34-21-22-36-35(25-34)20-15-30-23-24-41-26-37(30)36;28-24-17-15-23(16-18-24)27-30-25(21-9-5-2-6-10-21)29-26(31-27)22-13-11-20(12-14-22)19-7-3-1-4-8-19;1-18(2)19(3,4)23-20(22-18)15-7-8-16-14(11-15)6-5-13-9-10-21-12-17(13)16/h1-26H;1-18H;5-12H,1-4H3. The van der Waals surface area contributed by atoms with E-state index in [0.717, 1.165) is 65.6 Å². The van der Waals surface area contributed by atoms with Gasteiger partial charge in [-0.15, -0.1) is 0 Å². The molecule has 4 aromatic heterocycles. The normalized spacial score (nSPS) is 13.0. The lowest BCUT2D eigenvalue weighted by atomic mass is 9.78. The summed E-state index contributed by atoms with van der Waals surface area (Å²) in [5.74, 6) is 3.92. The molecule has 1 aliphatic heterocycles. The van der Waals surface area contributed by atoms with E-state index in [1.807, 2.05) is 140 Å². The Labute approximate surface area is 578 Å². The highest BCUT2D eigenvalue weighted by molar-refractivity contribution is 9.10. The van der Waals surface area contributed by atoms with Crippen LogP contribution in [-0.4, -0.2) is 58.2 Å². The zero-order valence-corrected chi connectivity index (χ0v) is 56.0. The lowest BCUT2D eigenvalue weighted by molar-refractivity contribution is 0.00578. The number of fused-ring (bicyclic) bond motifs is 6. The second-order valence-corrected chi connectivity index (χ2v) is 26.1. The summed E-state index contributed by atoms with van der Waals surface area (Å²) in [7, 11) is -0.325. The van der Waals surface area contributed by atoms with Gasteiger partial charge in [-0.1, -0.05) is 277 Å². The summed E-state index contributed by atoms with van der Waals surface area (Å²) in [6.45, 7) is 8.31. The van der Waals surface area contributed by atoms with Gasteiger partial charge in [0, 0.05) is 73.4 Å². The molecular formula is C86H64BBrN8O2. The maximum Gasteiger partial charge on any atom is 0.494 e. The van der Waals surface area contributed by atoms with E-state index in [0.29, 0.717) is 34.9 Å². The zero-order valence-electron chi connectivity index (χ0n) is 54.4. The number of benzene rings is 12. The third kappa shape index (κ3) is 13.4. The van der Waals surface area contributed by atoms with Crippen LogP contribution >= 0.6 is 15.9 Å². The van der Waals surface area contributed by atoms with Crippen LogP contribution in [0.25, 0.3) is 145 Å². The maximum atomic E-state index is 6.15. The Kier molecular flexibility index (Phi) is 17.4. The summed E-state index contributed by atoms with van der Waals surface area (Å²) in [6, 6.07) is 99.7. The Bertz CT molecular complexity index is 5490. The summed E-state index contributed by atoms with van der Waals surface area (Å²) in [4.78, 5) is 37.7. The summed E-state index contributed by atoms with van der Waals surface area (Å²) in [5.41, 5.74) is 13.1. The van der Waals surface area contributed by atoms with Gasteiger partial charge in [0.2, 0.25) is 0 Å². The summed E-state index contributed by atoms with van der Waals surface area (Å²) >= 11 is 3.49. The first-order valence-corrected chi connectivity index (χ1v) is 33.4. The van der Waals surface area contributed by atoms with Crippen LogP contribution in [0, 0.1) is 0 Å². The van der Waals surface area contributed by atoms with Gasteiger partial charge in [0.05, 0.1) is 11.2 Å². The third-order valence-corrected chi connectivity index (χ3v) is 18.8. The summed E-state index contributed by atoms with van der Waals surface area (Å²) in [6.07, 6.45) is 7.53. The van der Waals surface area contributed by atoms with Gasteiger partial charge < -0.3 is 9.31 Å². The Hall–Kier alpha value is -11.5. The summed E-state index contributed by atoms with van der Waals surface area (Å²) < 4.78 is 13.3. The van der Waals surface area contributed by atoms with Crippen LogP contribution in [0.1, 0.15) is 27.7 Å². The minimum atomic E-state index is -0.325. The topological polar surface area (TPSA) is 122 Å². The Morgan fingerprint density at radius 2 is 0.551 bits per heavy atom. The van der Waals surface area contributed by atoms with E-state index in [-0.39, 0.29) is 18.3 Å². The first-order chi connectivity index (χ1) is 47.9. The average molecular weight is 1330 g/mol. The predicted octanol–water partition coefficient (Wildman–Crippen LogP) is 20.9. The molecular weight excluding hydrogens is 1270 g/mol. The highest BCUT2D eigenvalue weighted by Gasteiger charge is 2.51. The van der Waals surface area contributed by atoms with Gasteiger partial charge in [-0.3, -0.25) is 9.97 Å². The molecule has 0 unspecified atom stereocenters. The highest BCUT2D eigenvalue weighted by Crippen LogP contribution is 2.38. The van der Waals surface area contributed by atoms with Gasteiger partial charge in [-0.25, -0.2) is 29.9 Å². The molecule has 98 heavy (non-hydrogen) atoms. The second-order valence-electron chi connectivity index (χ2n) is 25.1. The van der Waals surface area contributed by atoms with Crippen molar-refractivity contribution in [2.24, 2.45) is 0 Å². The van der Waals surface area contributed by atoms with Crippen molar-refractivity contribution in [3.63, 3.8) is 0 Å². The van der Waals surface area contributed by atoms with E-state index < -0.39 is 0 Å². The van der Waals surface area contributed by atoms with Crippen LogP contribution in [0.5, 0.6) is 0 Å². The van der Waals surface area contributed by atoms with E-state index in [1.165, 1.54) is 54.2 Å². The lowest BCUT2D eigenvalue weighted by Crippen LogP contribution is -2.41. The number of hydrogen-bond acceptors (Lipinski definition) is 10. The third-order valence-electron chi connectivity index (χ3n) is 18.2. The molecule has 0 radical (unpaired) electrons. The van der Waals surface area contributed by atoms with Gasteiger partial charge in [-0.2, -0.15) is 0 Å². The minimum Gasteiger partial charge on any atom is -0.399 e.